The number of amides is 2. The maximum absolute atomic E-state index is 14.9. The van der Waals surface area contributed by atoms with Crippen LogP contribution in [0, 0.1) is 17.6 Å². The number of halogens is 2. The van der Waals surface area contributed by atoms with E-state index in [9.17, 15) is 23.2 Å². The number of urea groups is 1. The molecule has 10 heteroatoms. The Morgan fingerprint density at radius 3 is 2.30 bits per heavy atom. The molecule has 2 amide bonds. The van der Waals surface area contributed by atoms with Gasteiger partial charge >= 0.3 is 12.0 Å². The molecule has 4 rings (SSSR count). The molecule has 0 bridgehead atoms. The molecular formula is C27H32F2N2O5Si. The standard InChI is InChI=1S/C27H32F2N2O5Si/c1-36-19-5-6-20-18(13-19)7-8-31(27(35)30-14-17(15-30)12-24(33)34)25(20)23(32)11-16-9-21(28)26(22(29)10-16)37(2,3)4/h5-6,9-10,13,17,25H,7-8,11-12,14-15H2,1-4H3,(H,33,34)/t25-/m1/s1. The fourth-order valence-corrected chi connectivity index (χ4v) is 6.89. The van der Waals surface area contributed by atoms with E-state index in [2.05, 4.69) is 0 Å². The lowest BCUT2D eigenvalue weighted by atomic mass is 9.87. The van der Waals surface area contributed by atoms with Crippen LogP contribution in [0.1, 0.15) is 29.2 Å². The molecular weight excluding hydrogens is 498 g/mol. The number of carboxylic acids is 1. The fraction of sp³-hybridized carbons (Fsp3) is 0.444. The average Bonchev–Trinajstić information content (AvgIpc) is 2.77. The number of carbonyl (C=O) groups excluding carboxylic acids is 2. The quantitative estimate of drug-likeness (QED) is 0.551. The third kappa shape index (κ3) is 5.53. The number of ketones is 1. The van der Waals surface area contributed by atoms with Crippen LogP contribution in [0.15, 0.2) is 30.3 Å². The van der Waals surface area contributed by atoms with Crippen molar-refractivity contribution < 1.29 is 33.0 Å². The molecule has 1 N–H and O–H groups in total. The lowest BCUT2D eigenvalue weighted by molar-refractivity contribution is -0.139. The van der Waals surface area contributed by atoms with Gasteiger partial charge < -0.3 is 19.6 Å². The third-order valence-electron chi connectivity index (χ3n) is 7.05. The Labute approximate surface area is 216 Å². The summed E-state index contributed by atoms with van der Waals surface area (Å²) in [6.07, 6.45) is 0.267. The number of likely N-dealkylation sites (tertiary alicyclic amines) is 1. The Bertz CT molecular complexity index is 1220. The van der Waals surface area contributed by atoms with Crippen molar-refractivity contribution in [1.82, 2.24) is 9.80 Å². The summed E-state index contributed by atoms with van der Waals surface area (Å²) in [5.41, 5.74) is 1.76. The van der Waals surface area contributed by atoms with Crippen molar-refractivity contribution in [2.45, 2.75) is 44.9 Å². The third-order valence-corrected chi connectivity index (χ3v) is 9.03. The van der Waals surface area contributed by atoms with E-state index in [0.717, 1.165) is 5.56 Å². The van der Waals surface area contributed by atoms with Crippen LogP contribution in [0.4, 0.5) is 13.6 Å². The number of carboxylic acid groups (broad SMARTS) is 1. The highest BCUT2D eigenvalue weighted by Gasteiger charge is 2.41. The number of hydrogen-bond acceptors (Lipinski definition) is 4. The number of hydrogen-bond donors (Lipinski definition) is 1. The van der Waals surface area contributed by atoms with Gasteiger partial charge in [-0.05, 0) is 47.4 Å². The van der Waals surface area contributed by atoms with Crippen LogP contribution in [0.2, 0.25) is 19.6 Å². The van der Waals surface area contributed by atoms with E-state index in [-0.39, 0.29) is 47.9 Å². The van der Waals surface area contributed by atoms with Crippen molar-refractivity contribution >= 4 is 31.0 Å². The first-order chi connectivity index (χ1) is 17.4. The molecule has 0 unspecified atom stereocenters. The first-order valence-corrected chi connectivity index (χ1v) is 15.8. The number of ether oxygens (including phenoxy) is 1. The largest absolute Gasteiger partial charge is 0.497 e. The monoisotopic (exact) mass is 530 g/mol. The SMILES string of the molecule is COc1ccc2c(c1)CCN(C(=O)N1CC(CC(=O)O)C1)[C@H]2C(=O)Cc1cc(F)c([Si](C)(C)C)c(F)c1. The van der Waals surface area contributed by atoms with Crippen LogP contribution in [-0.4, -0.2) is 67.5 Å². The normalized spacial score (nSPS) is 17.7. The van der Waals surface area contributed by atoms with Gasteiger partial charge in [-0.1, -0.05) is 25.7 Å². The Hall–Kier alpha value is -3.27. The van der Waals surface area contributed by atoms with Crippen LogP contribution in [0.5, 0.6) is 5.75 Å². The molecule has 1 saturated heterocycles. The highest BCUT2D eigenvalue weighted by Crippen LogP contribution is 2.35. The molecule has 1 fully saturated rings. The highest BCUT2D eigenvalue weighted by molar-refractivity contribution is 6.88. The van der Waals surface area contributed by atoms with E-state index in [0.29, 0.717) is 30.8 Å². The zero-order valence-electron chi connectivity index (χ0n) is 21.5. The molecule has 2 aromatic rings. The number of fused-ring (bicyclic) bond motifs is 1. The van der Waals surface area contributed by atoms with Gasteiger partial charge in [0.15, 0.2) is 5.78 Å². The molecule has 2 aliphatic heterocycles. The molecule has 0 radical (unpaired) electrons. The lowest BCUT2D eigenvalue weighted by Gasteiger charge is -2.45. The van der Waals surface area contributed by atoms with Gasteiger partial charge in [-0.3, -0.25) is 9.59 Å². The number of aliphatic carboxylic acids is 1. The molecule has 2 aromatic carbocycles. The van der Waals surface area contributed by atoms with Crippen LogP contribution in [-0.2, 0) is 22.4 Å². The average molecular weight is 531 g/mol. The highest BCUT2D eigenvalue weighted by atomic mass is 28.3. The second-order valence-electron chi connectivity index (χ2n) is 10.9. The minimum absolute atomic E-state index is 0.0146. The molecule has 2 aliphatic rings. The summed E-state index contributed by atoms with van der Waals surface area (Å²) in [6, 6.07) is 6.51. The van der Waals surface area contributed by atoms with E-state index >= 15 is 0 Å². The van der Waals surface area contributed by atoms with Gasteiger partial charge in [0.2, 0.25) is 0 Å². The zero-order chi connectivity index (χ0) is 27.1. The number of carbonyl (C=O) groups is 3. The maximum atomic E-state index is 14.9. The summed E-state index contributed by atoms with van der Waals surface area (Å²) >= 11 is 0. The molecule has 2 heterocycles. The second kappa shape index (κ2) is 10.2. The topological polar surface area (TPSA) is 87.2 Å². The minimum Gasteiger partial charge on any atom is -0.497 e. The van der Waals surface area contributed by atoms with Crippen LogP contribution < -0.4 is 9.92 Å². The maximum Gasteiger partial charge on any atom is 0.320 e. The Balaban J connectivity index is 1.62. The van der Waals surface area contributed by atoms with Gasteiger partial charge in [0.25, 0.3) is 0 Å². The molecule has 37 heavy (non-hydrogen) atoms. The molecule has 0 spiro atoms. The van der Waals surface area contributed by atoms with Gasteiger partial charge in [0, 0.05) is 37.2 Å². The summed E-state index contributed by atoms with van der Waals surface area (Å²) in [6.45, 7) is 6.47. The number of benzene rings is 2. The van der Waals surface area contributed by atoms with E-state index in [1.807, 2.05) is 25.7 Å². The Morgan fingerprint density at radius 1 is 1.08 bits per heavy atom. The van der Waals surface area contributed by atoms with Gasteiger partial charge in [-0.15, -0.1) is 0 Å². The lowest BCUT2D eigenvalue weighted by Crippen LogP contribution is -2.57. The smallest absolute Gasteiger partial charge is 0.320 e. The first-order valence-electron chi connectivity index (χ1n) is 12.3. The summed E-state index contributed by atoms with van der Waals surface area (Å²) in [5.74, 6) is -2.03. The summed E-state index contributed by atoms with van der Waals surface area (Å²) < 4.78 is 35.1. The number of Topliss-reactive ketones (excluding diaryl/α,β-unsaturated/α-hetero) is 1. The van der Waals surface area contributed by atoms with Crippen LogP contribution >= 0.6 is 0 Å². The Kier molecular flexibility index (Phi) is 7.41. The number of methoxy groups -OCH3 is 1. The number of rotatable bonds is 7. The predicted octanol–water partition coefficient (Wildman–Crippen LogP) is 3.76. The molecule has 0 saturated carbocycles. The van der Waals surface area contributed by atoms with Gasteiger partial charge in [0.1, 0.15) is 23.4 Å². The molecule has 198 valence electrons. The van der Waals surface area contributed by atoms with Crippen molar-refractivity contribution in [3.8, 4) is 5.75 Å². The Morgan fingerprint density at radius 2 is 1.73 bits per heavy atom. The van der Waals surface area contributed by atoms with Crippen molar-refractivity contribution in [3.63, 3.8) is 0 Å². The predicted molar refractivity (Wildman–Crippen MR) is 137 cm³/mol. The second-order valence-corrected chi connectivity index (χ2v) is 15.9. The van der Waals surface area contributed by atoms with Crippen molar-refractivity contribution in [2.75, 3.05) is 26.7 Å². The van der Waals surface area contributed by atoms with E-state index in [4.69, 9.17) is 9.84 Å². The number of nitrogens with zero attached hydrogens (tertiary/aromatic N) is 2. The molecule has 7 nitrogen and oxygen atoms in total. The van der Waals surface area contributed by atoms with Gasteiger partial charge in [-0.25, -0.2) is 13.6 Å². The van der Waals surface area contributed by atoms with Crippen LogP contribution in [0.3, 0.4) is 0 Å². The van der Waals surface area contributed by atoms with Crippen molar-refractivity contribution in [3.05, 3.63) is 58.7 Å². The summed E-state index contributed by atoms with van der Waals surface area (Å²) in [5, 5.41) is 9.11. The van der Waals surface area contributed by atoms with E-state index < -0.39 is 31.7 Å². The molecule has 0 aromatic heterocycles. The minimum atomic E-state index is -2.27. The molecule has 0 aliphatic carbocycles. The first kappa shape index (κ1) is 26.8. The van der Waals surface area contributed by atoms with Crippen molar-refractivity contribution in [2.24, 2.45) is 5.92 Å². The summed E-state index contributed by atoms with van der Waals surface area (Å²) in [7, 11) is -0.719. The van der Waals surface area contributed by atoms with E-state index in [1.165, 1.54) is 17.0 Å². The molecule has 1 atom stereocenters. The van der Waals surface area contributed by atoms with E-state index in [1.54, 1.807) is 24.1 Å². The van der Waals surface area contributed by atoms with Crippen LogP contribution in [0.25, 0.3) is 0 Å². The fourth-order valence-electron chi connectivity index (χ4n) is 5.31. The summed E-state index contributed by atoms with van der Waals surface area (Å²) in [4.78, 5) is 41.1. The van der Waals surface area contributed by atoms with Gasteiger partial charge in [-0.2, -0.15) is 0 Å². The van der Waals surface area contributed by atoms with Crippen molar-refractivity contribution in [1.29, 1.82) is 0 Å². The zero-order valence-corrected chi connectivity index (χ0v) is 22.5. The van der Waals surface area contributed by atoms with Gasteiger partial charge in [0.05, 0.1) is 21.6 Å².